The highest BCUT2D eigenvalue weighted by atomic mass is 32.1. The number of amides is 1. The van der Waals surface area contributed by atoms with Crippen LogP contribution in [0, 0.1) is 0 Å². The van der Waals surface area contributed by atoms with Crippen LogP contribution in [0.25, 0.3) is 10.6 Å². The van der Waals surface area contributed by atoms with Crippen LogP contribution in [0.15, 0.2) is 29.0 Å². The third-order valence-electron chi connectivity index (χ3n) is 3.62. The number of aryl methyl sites for hydroxylation is 1. The van der Waals surface area contributed by atoms with Crippen LogP contribution in [0.2, 0.25) is 0 Å². The number of thiophene rings is 1. The van der Waals surface area contributed by atoms with Crippen molar-refractivity contribution in [3.63, 3.8) is 0 Å². The maximum atomic E-state index is 12.3. The Kier molecular flexibility index (Phi) is 5.11. The van der Waals surface area contributed by atoms with Crippen LogP contribution in [0.4, 0.5) is 0 Å². The number of thiazole rings is 1. The molecule has 1 N–H and O–H groups in total. The molecule has 3 rings (SSSR count). The molecule has 0 fully saturated rings. The van der Waals surface area contributed by atoms with E-state index in [0.717, 1.165) is 27.7 Å². The molecule has 0 saturated heterocycles. The van der Waals surface area contributed by atoms with E-state index in [9.17, 15) is 4.79 Å². The van der Waals surface area contributed by atoms with Crippen LogP contribution in [0.5, 0.6) is 0 Å². The van der Waals surface area contributed by atoms with Gasteiger partial charge in [0.2, 0.25) is 0 Å². The van der Waals surface area contributed by atoms with Gasteiger partial charge in [0.1, 0.15) is 0 Å². The van der Waals surface area contributed by atoms with Gasteiger partial charge in [-0.15, -0.1) is 22.7 Å². The van der Waals surface area contributed by atoms with Gasteiger partial charge in [-0.1, -0.05) is 19.9 Å². The van der Waals surface area contributed by atoms with E-state index >= 15 is 0 Å². The standard InChI is InChI=1S/C17H20N4OS2/c1-11(2)17-19-12(10-24-17)6-7-18-16(22)13-9-14(21(3)20-13)15-5-4-8-23-15/h4-5,8-11H,6-7H2,1-3H3,(H,18,22). The van der Waals surface area contributed by atoms with E-state index in [2.05, 4.69) is 34.6 Å². The largest absolute Gasteiger partial charge is 0.350 e. The summed E-state index contributed by atoms with van der Waals surface area (Å²) in [6.45, 7) is 4.83. The highest BCUT2D eigenvalue weighted by molar-refractivity contribution is 7.13. The second kappa shape index (κ2) is 7.27. The molecule has 0 aliphatic heterocycles. The fraction of sp³-hybridized carbons (Fsp3) is 0.353. The zero-order valence-electron chi connectivity index (χ0n) is 13.9. The number of carbonyl (C=O) groups is 1. The number of hydrogen-bond acceptors (Lipinski definition) is 5. The number of hydrogen-bond donors (Lipinski definition) is 1. The minimum Gasteiger partial charge on any atom is -0.350 e. The van der Waals surface area contributed by atoms with E-state index in [0.29, 0.717) is 18.2 Å². The zero-order valence-corrected chi connectivity index (χ0v) is 15.6. The van der Waals surface area contributed by atoms with E-state index < -0.39 is 0 Å². The van der Waals surface area contributed by atoms with Gasteiger partial charge in [0, 0.05) is 31.3 Å². The predicted molar refractivity (Wildman–Crippen MR) is 98.8 cm³/mol. The first-order valence-corrected chi connectivity index (χ1v) is 9.61. The molecule has 0 saturated carbocycles. The summed E-state index contributed by atoms with van der Waals surface area (Å²) in [6.07, 6.45) is 0.736. The van der Waals surface area contributed by atoms with Crippen LogP contribution in [0.3, 0.4) is 0 Å². The van der Waals surface area contributed by atoms with Crippen molar-refractivity contribution < 1.29 is 4.79 Å². The summed E-state index contributed by atoms with van der Waals surface area (Å²) in [7, 11) is 1.86. The van der Waals surface area contributed by atoms with Gasteiger partial charge in [0.15, 0.2) is 5.69 Å². The Morgan fingerprint density at radius 3 is 2.88 bits per heavy atom. The second-order valence-electron chi connectivity index (χ2n) is 5.85. The van der Waals surface area contributed by atoms with Gasteiger partial charge in [-0.05, 0) is 17.5 Å². The molecule has 126 valence electrons. The molecule has 7 heteroatoms. The van der Waals surface area contributed by atoms with Crippen LogP contribution >= 0.6 is 22.7 Å². The monoisotopic (exact) mass is 360 g/mol. The molecule has 0 atom stereocenters. The quantitative estimate of drug-likeness (QED) is 0.729. The van der Waals surface area contributed by atoms with E-state index in [-0.39, 0.29) is 5.91 Å². The summed E-state index contributed by atoms with van der Waals surface area (Å²) in [5, 5.41) is 12.5. The average Bonchev–Trinajstić information content (AvgIpc) is 3.26. The summed E-state index contributed by atoms with van der Waals surface area (Å²) < 4.78 is 1.75. The molecule has 3 aromatic rings. The Morgan fingerprint density at radius 2 is 2.21 bits per heavy atom. The van der Waals surface area contributed by atoms with Gasteiger partial charge >= 0.3 is 0 Å². The third-order valence-corrected chi connectivity index (χ3v) is 5.70. The molecule has 3 heterocycles. The minimum atomic E-state index is -0.146. The van der Waals surface area contributed by atoms with Crippen LogP contribution in [-0.2, 0) is 13.5 Å². The molecule has 3 aromatic heterocycles. The smallest absolute Gasteiger partial charge is 0.271 e. The van der Waals surface area contributed by atoms with Crippen molar-refractivity contribution in [2.75, 3.05) is 6.54 Å². The zero-order chi connectivity index (χ0) is 17.1. The van der Waals surface area contributed by atoms with Crippen molar-refractivity contribution in [1.29, 1.82) is 0 Å². The number of rotatable bonds is 6. The van der Waals surface area contributed by atoms with E-state index in [1.54, 1.807) is 27.4 Å². The highest BCUT2D eigenvalue weighted by Crippen LogP contribution is 2.24. The molecular formula is C17H20N4OS2. The summed E-state index contributed by atoms with van der Waals surface area (Å²) >= 11 is 3.31. The van der Waals surface area contributed by atoms with Crippen molar-refractivity contribution in [3.05, 3.63) is 45.4 Å². The molecule has 5 nitrogen and oxygen atoms in total. The van der Waals surface area contributed by atoms with Gasteiger partial charge in [0.05, 0.1) is 21.3 Å². The molecule has 1 amide bonds. The van der Waals surface area contributed by atoms with Crippen molar-refractivity contribution >= 4 is 28.6 Å². The Hall–Kier alpha value is -1.99. The first kappa shape index (κ1) is 16.9. The summed E-state index contributed by atoms with van der Waals surface area (Å²) in [5.41, 5.74) is 2.43. The molecule has 0 spiro atoms. The number of carbonyl (C=O) groups excluding carboxylic acids is 1. The van der Waals surface area contributed by atoms with Crippen LogP contribution < -0.4 is 5.32 Å². The highest BCUT2D eigenvalue weighted by Gasteiger charge is 2.14. The number of nitrogens with one attached hydrogen (secondary N) is 1. The van der Waals surface area contributed by atoms with E-state index in [1.165, 1.54) is 0 Å². The van der Waals surface area contributed by atoms with Gasteiger partial charge in [-0.3, -0.25) is 9.48 Å². The Labute approximate surface area is 149 Å². The lowest BCUT2D eigenvalue weighted by atomic mass is 10.2. The Bertz CT molecular complexity index is 818. The Balaban J connectivity index is 1.58. The summed E-state index contributed by atoms with van der Waals surface area (Å²) in [5.74, 6) is 0.301. The van der Waals surface area contributed by atoms with E-state index in [4.69, 9.17) is 0 Å². The van der Waals surface area contributed by atoms with Crippen LogP contribution in [-0.4, -0.2) is 27.2 Å². The lowest BCUT2D eigenvalue weighted by Gasteiger charge is -2.01. The molecular weight excluding hydrogens is 340 g/mol. The van der Waals surface area contributed by atoms with Crippen molar-refractivity contribution in [1.82, 2.24) is 20.1 Å². The van der Waals surface area contributed by atoms with Gasteiger partial charge in [-0.2, -0.15) is 5.10 Å². The molecule has 0 aliphatic carbocycles. The molecule has 0 unspecified atom stereocenters. The normalized spacial score (nSPS) is 11.2. The Morgan fingerprint density at radius 1 is 1.38 bits per heavy atom. The fourth-order valence-corrected chi connectivity index (χ4v) is 3.97. The minimum absolute atomic E-state index is 0.146. The molecule has 0 aromatic carbocycles. The number of nitrogens with zero attached hydrogens (tertiary/aromatic N) is 3. The SMILES string of the molecule is CC(C)c1nc(CCNC(=O)c2cc(-c3cccs3)n(C)n2)cs1. The van der Waals surface area contributed by atoms with Crippen LogP contribution in [0.1, 0.15) is 41.0 Å². The second-order valence-corrected chi connectivity index (χ2v) is 7.69. The summed E-state index contributed by atoms with van der Waals surface area (Å²) in [6, 6.07) is 5.85. The van der Waals surface area contributed by atoms with Crippen molar-refractivity contribution in [2.45, 2.75) is 26.2 Å². The third kappa shape index (κ3) is 3.73. The molecule has 0 bridgehead atoms. The first-order valence-electron chi connectivity index (χ1n) is 7.85. The van der Waals surface area contributed by atoms with E-state index in [1.807, 2.05) is 30.6 Å². The predicted octanol–water partition coefficient (Wildman–Crippen LogP) is 3.70. The maximum Gasteiger partial charge on any atom is 0.271 e. The first-order chi connectivity index (χ1) is 11.5. The van der Waals surface area contributed by atoms with Crippen molar-refractivity contribution in [3.8, 4) is 10.6 Å². The fourth-order valence-electron chi connectivity index (χ4n) is 2.33. The average molecular weight is 361 g/mol. The summed E-state index contributed by atoms with van der Waals surface area (Å²) in [4.78, 5) is 18.0. The topological polar surface area (TPSA) is 59.8 Å². The molecule has 24 heavy (non-hydrogen) atoms. The van der Waals surface area contributed by atoms with Gasteiger partial charge < -0.3 is 5.32 Å². The maximum absolute atomic E-state index is 12.3. The lowest BCUT2D eigenvalue weighted by molar-refractivity contribution is 0.0948. The lowest BCUT2D eigenvalue weighted by Crippen LogP contribution is -2.26. The number of aromatic nitrogens is 3. The van der Waals surface area contributed by atoms with Gasteiger partial charge in [-0.25, -0.2) is 4.98 Å². The van der Waals surface area contributed by atoms with Crippen molar-refractivity contribution in [2.24, 2.45) is 7.05 Å². The molecule has 0 aliphatic rings. The molecule has 0 radical (unpaired) electrons. The van der Waals surface area contributed by atoms with Gasteiger partial charge in [0.25, 0.3) is 5.91 Å².